The van der Waals surface area contributed by atoms with Gasteiger partial charge in [0, 0.05) is 6.08 Å². The Morgan fingerprint density at radius 3 is 2.48 bits per heavy atom. The van der Waals surface area contributed by atoms with Crippen molar-refractivity contribution in [2.24, 2.45) is 0 Å². The van der Waals surface area contributed by atoms with Crippen molar-refractivity contribution >= 4 is 29.3 Å². The van der Waals surface area contributed by atoms with E-state index in [0.717, 1.165) is 11.1 Å². The monoisotopic (exact) mass is 359 g/mol. The molecule has 0 spiro atoms. The summed E-state index contributed by atoms with van der Waals surface area (Å²) < 4.78 is 11.1. The summed E-state index contributed by atoms with van der Waals surface area (Å²) in [6, 6.07) is 11.0. The molecule has 0 atom stereocenters. The van der Waals surface area contributed by atoms with E-state index in [1.807, 2.05) is 51.1 Å². The molecule has 0 aliphatic rings. The molecule has 1 N–H and O–H groups in total. The van der Waals surface area contributed by atoms with Crippen molar-refractivity contribution in [2.75, 3.05) is 18.5 Å². The van der Waals surface area contributed by atoms with Gasteiger partial charge in [0.1, 0.15) is 0 Å². The van der Waals surface area contributed by atoms with Crippen LogP contribution in [0.15, 0.2) is 42.5 Å². The lowest BCUT2D eigenvalue weighted by molar-refractivity contribution is -0.111. The first-order chi connectivity index (χ1) is 12.0. The molecule has 5 heteroatoms. The molecule has 1 amide bonds. The van der Waals surface area contributed by atoms with Crippen molar-refractivity contribution in [3.63, 3.8) is 0 Å². The average molecular weight is 360 g/mol. The SMILES string of the molecule is CCOc1ccc(/C=C/C(=O)Nc2ccc(C)cc2Cl)cc1OCC. The number of amides is 1. The lowest BCUT2D eigenvalue weighted by atomic mass is 10.2. The Labute approximate surface area is 153 Å². The van der Waals surface area contributed by atoms with Gasteiger partial charge in [-0.25, -0.2) is 0 Å². The molecule has 0 fully saturated rings. The van der Waals surface area contributed by atoms with Gasteiger partial charge in [-0.1, -0.05) is 23.7 Å². The third kappa shape index (κ3) is 5.54. The Kier molecular flexibility index (Phi) is 6.90. The highest BCUT2D eigenvalue weighted by atomic mass is 35.5. The number of rotatable bonds is 7. The second kappa shape index (κ2) is 9.14. The summed E-state index contributed by atoms with van der Waals surface area (Å²) in [5, 5.41) is 3.28. The zero-order valence-electron chi connectivity index (χ0n) is 14.6. The molecule has 2 rings (SSSR count). The second-order valence-electron chi connectivity index (χ2n) is 5.38. The molecule has 0 radical (unpaired) electrons. The molecule has 0 unspecified atom stereocenters. The van der Waals surface area contributed by atoms with Gasteiger partial charge >= 0.3 is 0 Å². The topological polar surface area (TPSA) is 47.6 Å². The molecule has 0 saturated carbocycles. The van der Waals surface area contributed by atoms with E-state index in [0.29, 0.717) is 35.4 Å². The largest absolute Gasteiger partial charge is 0.490 e. The molecular formula is C20H22ClNO3. The van der Waals surface area contributed by atoms with Gasteiger partial charge in [0.15, 0.2) is 11.5 Å². The zero-order valence-corrected chi connectivity index (χ0v) is 15.4. The summed E-state index contributed by atoms with van der Waals surface area (Å²) in [5.41, 5.74) is 2.47. The van der Waals surface area contributed by atoms with E-state index in [9.17, 15) is 4.79 Å². The Balaban J connectivity index is 2.09. The summed E-state index contributed by atoms with van der Waals surface area (Å²) in [5.74, 6) is 1.10. The maximum Gasteiger partial charge on any atom is 0.248 e. The van der Waals surface area contributed by atoms with Gasteiger partial charge in [-0.15, -0.1) is 0 Å². The van der Waals surface area contributed by atoms with Crippen molar-refractivity contribution in [1.29, 1.82) is 0 Å². The Morgan fingerprint density at radius 2 is 1.80 bits per heavy atom. The maximum atomic E-state index is 12.1. The quantitative estimate of drug-likeness (QED) is 0.700. The van der Waals surface area contributed by atoms with Crippen LogP contribution in [0.5, 0.6) is 11.5 Å². The smallest absolute Gasteiger partial charge is 0.248 e. The van der Waals surface area contributed by atoms with Gasteiger partial charge in [0.25, 0.3) is 0 Å². The minimum atomic E-state index is -0.252. The van der Waals surface area contributed by atoms with Crippen molar-refractivity contribution in [3.05, 3.63) is 58.6 Å². The highest BCUT2D eigenvalue weighted by Crippen LogP contribution is 2.29. The van der Waals surface area contributed by atoms with Crippen LogP contribution in [-0.4, -0.2) is 19.1 Å². The van der Waals surface area contributed by atoms with E-state index < -0.39 is 0 Å². The number of carbonyl (C=O) groups is 1. The number of hydrogen-bond acceptors (Lipinski definition) is 3. The number of carbonyl (C=O) groups excluding carboxylic acids is 1. The molecule has 0 aliphatic heterocycles. The maximum absolute atomic E-state index is 12.1. The number of anilines is 1. The molecule has 0 heterocycles. The van der Waals surface area contributed by atoms with Crippen LogP contribution in [0.1, 0.15) is 25.0 Å². The molecule has 25 heavy (non-hydrogen) atoms. The first-order valence-corrected chi connectivity index (χ1v) is 8.56. The first-order valence-electron chi connectivity index (χ1n) is 8.18. The van der Waals surface area contributed by atoms with E-state index in [1.165, 1.54) is 6.08 Å². The van der Waals surface area contributed by atoms with E-state index in [4.69, 9.17) is 21.1 Å². The molecule has 0 aliphatic carbocycles. The summed E-state index contributed by atoms with van der Waals surface area (Å²) in [7, 11) is 0. The summed E-state index contributed by atoms with van der Waals surface area (Å²) >= 11 is 6.12. The molecule has 4 nitrogen and oxygen atoms in total. The van der Waals surface area contributed by atoms with Gasteiger partial charge < -0.3 is 14.8 Å². The van der Waals surface area contributed by atoms with Crippen molar-refractivity contribution in [2.45, 2.75) is 20.8 Å². The Morgan fingerprint density at radius 1 is 1.08 bits per heavy atom. The highest BCUT2D eigenvalue weighted by molar-refractivity contribution is 6.33. The number of hydrogen-bond donors (Lipinski definition) is 1. The van der Waals surface area contributed by atoms with Crippen LogP contribution in [0.2, 0.25) is 5.02 Å². The normalized spacial score (nSPS) is 10.7. The Hall–Kier alpha value is -2.46. The number of aryl methyl sites for hydroxylation is 1. The molecule has 132 valence electrons. The fourth-order valence-corrected chi connectivity index (χ4v) is 2.52. The van der Waals surface area contributed by atoms with Crippen LogP contribution < -0.4 is 14.8 Å². The summed E-state index contributed by atoms with van der Waals surface area (Å²) in [4.78, 5) is 12.1. The van der Waals surface area contributed by atoms with E-state index >= 15 is 0 Å². The second-order valence-corrected chi connectivity index (χ2v) is 5.79. The predicted octanol–water partition coefficient (Wildman–Crippen LogP) is 5.10. The zero-order chi connectivity index (χ0) is 18.2. The van der Waals surface area contributed by atoms with Crippen LogP contribution in [0.25, 0.3) is 6.08 Å². The fraction of sp³-hybridized carbons (Fsp3) is 0.250. The lowest BCUT2D eigenvalue weighted by Gasteiger charge is -2.11. The molecular weight excluding hydrogens is 338 g/mol. The van der Waals surface area contributed by atoms with E-state index in [2.05, 4.69) is 5.32 Å². The lowest BCUT2D eigenvalue weighted by Crippen LogP contribution is -2.08. The number of halogens is 1. The van der Waals surface area contributed by atoms with Gasteiger partial charge in [0.2, 0.25) is 5.91 Å². The van der Waals surface area contributed by atoms with Gasteiger partial charge in [-0.3, -0.25) is 4.79 Å². The van der Waals surface area contributed by atoms with Gasteiger partial charge in [-0.05, 0) is 62.2 Å². The van der Waals surface area contributed by atoms with E-state index in [-0.39, 0.29) is 5.91 Å². The number of benzene rings is 2. The summed E-state index contributed by atoms with van der Waals surface area (Å²) in [6.45, 7) is 6.88. The van der Waals surface area contributed by atoms with Crippen molar-refractivity contribution in [3.8, 4) is 11.5 Å². The highest BCUT2D eigenvalue weighted by Gasteiger charge is 2.06. The third-order valence-corrected chi connectivity index (χ3v) is 3.69. The fourth-order valence-electron chi connectivity index (χ4n) is 2.24. The van der Waals surface area contributed by atoms with Gasteiger partial charge in [-0.2, -0.15) is 0 Å². The first kappa shape index (κ1) is 18.9. The third-order valence-electron chi connectivity index (χ3n) is 3.38. The van der Waals surface area contributed by atoms with Crippen LogP contribution in [-0.2, 0) is 4.79 Å². The van der Waals surface area contributed by atoms with Crippen LogP contribution >= 0.6 is 11.6 Å². The average Bonchev–Trinajstić information content (AvgIpc) is 2.58. The Bertz CT molecular complexity index is 772. The molecule has 0 bridgehead atoms. The van der Waals surface area contributed by atoms with E-state index in [1.54, 1.807) is 12.1 Å². The molecule has 2 aromatic carbocycles. The molecule has 2 aromatic rings. The standard InChI is InChI=1S/C20H22ClNO3/c1-4-24-18-10-7-15(13-19(18)25-5-2)8-11-20(23)22-17-9-6-14(3)12-16(17)21/h6-13H,4-5H2,1-3H3,(H,22,23)/b11-8+. The number of nitrogens with one attached hydrogen (secondary N) is 1. The van der Waals surface area contributed by atoms with Crippen LogP contribution in [0.4, 0.5) is 5.69 Å². The van der Waals surface area contributed by atoms with Crippen LogP contribution in [0.3, 0.4) is 0 Å². The van der Waals surface area contributed by atoms with Crippen molar-refractivity contribution in [1.82, 2.24) is 0 Å². The van der Waals surface area contributed by atoms with Crippen LogP contribution in [0, 0.1) is 6.92 Å². The summed E-state index contributed by atoms with van der Waals surface area (Å²) in [6.07, 6.45) is 3.18. The number of ether oxygens (including phenoxy) is 2. The minimum Gasteiger partial charge on any atom is -0.490 e. The molecule has 0 saturated heterocycles. The molecule has 0 aromatic heterocycles. The van der Waals surface area contributed by atoms with Crippen molar-refractivity contribution < 1.29 is 14.3 Å². The van der Waals surface area contributed by atoms with Gasteiger partial charge in [0.05, 0.1) is 23.9 Å². The minimum absolute atomic E-state index is 0.252. The predicted molar refractivity (Wildman–Crippen MR) is 103 cm³/mol.